The number of hydrogen-bond acceptors (Lipinski definition) is 4. The summed E-state index contributed by atoms with van der Waals surface area (Å²) in [6.45, 7) is 10.3. The van der Waals surface area contributed by atoms with Crippen molar-refractivity contribution < 1.29 is 9.15 Å². The van der Waals surface area contributed by atoms with Crippen molar-refractivity contribution in [2.45, 2.75) is 40.0 Å². The molecule has 29 heavy (non-hydrogen) atoms. The molecular formula is C22H35IN4O2. The molecule has 0 radical (unpaired) electrons. The Morgan fingerprint density at radius 1 is 1.07 bits per heavy atom. The van der Waals surface area contributed by atoms with E-state index in [1.165, 1.54) is 11.1 Å². The van der Waals surface area contributed by atoms with Crippen LogP contribution in [0.15, 0.2) is 52.1 Å². The van der Waals surface area contributed by atoms with Gasteiger partial charge in [0.25, 0.3) is 0 Å². The van der Waals surface area contributed by atoms with Crippen LogP contribution in [0.3, 0.4) is 0 Å². The van der Waals surface area contributed by atoms with E-state index in [2.05, 4.69) is 58.6 Å². The average Bonchev–Trinajstić information content (AvgIpc) is 3.25. The van der Waals surface area contributed by atoms with Crippen molar-refractivity contribution >= 4 is 29.9 Å². The number of aliphatic imine (C=N–C) groups is 1. The summed E-state index contributed by atoms with van der Waals surface area (Å²) in [6.07, 6.45) is 2.57. The molecule has 0 fully saturated rings. The van der Waals surface area contributed by atoms with Gasteiger partial charge in [0, 0.05) is 33.3 Å². The quantitative estimate of drug-likeness (QED) is 0.194. The largest absolute Gasteiger partial charge is 0.467 e. The lowest BCUT2D eigenvalue weighted by Crippen LogP contribution is -2.37. The third kappa shape index (κ3) is 9.64. The van der Waals surface area contributed by atoms with Crippen LogP contribution in [0.2, 0.25) is 0 Å². The number of guanidine groups is 1. The van der Waals surface area contributed by atoms with Gasteiger partial charge in [-0.2, -0.15) is 0 Å². The SMILES string of the molecule is CCN(CC)Cc1ccccc1CNC(=NC)NCCCOCc1ccco1.I. The van der Waals surface area contributed by atoms with Crippen molar-refractivity contribution in [3.8, 4) is 0 Å². The topological polar surface area (TPSA) is 62.0 Å². The highest BCUT2D eigenvalue weighted by Gasteiger charge is 2.07. The summed E-state index contributed by atoms with van der Waals surface area (Å²) in [5.41, 5.74) is 2.67. The molecule has 0 bridgehead atoms. The number of halogens is 1. The lowest BCUT2D eigenvalue weighted by Gasteiger charge is -2.20. The van der Waals surface area contributed by atoms with E-state index in [0.29, 0.717) is 13.2 Å². The first-order valence-corrected chi connectivity index (χ1v) is 10.1. The summed E-state index contributed by atoms with van der Waals surface area (Å²) in [4.78, 5) is 6.74. The number of nitrogens with zero attached hydrogens (tertiary/aromatic N) is 2. The Hall–Kier alpha value is -1.58. The van der Waals surface area contributed by atoms with Crippen LogP contribution in [0.1, 0.15) is 37.2 Å². The number of hydrogen-bond donors (Lipinski definition) is 2. The van der Waals surface area contributed by atoms with E-state index in [1.54, 1.807) is 13.3 Å². The van der Waals surface area contributed by atoms with Gasteiger partial charge < -0.3 is 19.8 Å². The second kappa shape index (κ2) is 15.3. The smallest absolute Gasteiger partial charge is 0.191 e. The predicted octanol–water partition coefficient (Wildman–Crippen LogP) is 4.01. The molecule has 0 amide bonds. The van der Waals surface area contributed by atoms with E-state index in [4.69, 9.17) is 9.15 Å². The van der Waals surface area contributed by atoms with Gasteiger partial charge in [-0.25, -0.2) is 0 Å². The second-order valence-corrected chi connectivity index (χ2v) is 6.57. The summed E-state index contributed by atoms with van der Waals surface area (Å²) < 4.78 is 10.8. The van der Waals surface area contributed by atoms with Crippen LogP contribution in [-0.4, -0.2) is 44.1 Å². The van der Waals surface area contributed by atoms with Crippen molar-refractivity contribution in [2.24, 2.45) is 4.99 Å². The van der Waals surface area contributed by atoms with Crippen LogP contribution in [0, 0.1) is 0 Å². The minimum atomic E-state index is 0. The van der Waals surface area contributed by atoms with E-state index in [0.717, 1.165) is 50.9 Å². The molecule has 0 saturated carbocycles. The highest BCUT2D eigenvalue weighted by molar-refractivity contribution is 14.0. The molecule has 0 aliphatic rings. The maximum atomic E-state index is 5.60. The standard InChI is InChI=1S/C22H34N4O2.HI/c1-4-26(5-2)17-20-11-7-6-10-19(20)16-25-22(23-3)24-13-9-14-27-18-21-12-8-15-28-21;/h6-8,10-12,15H,4-5,9,13-14,16-18H2,1-3H3,(H2,23,24,25);1H. The summed E-state index contributed by atoms with van der Waals surface area (Å²) in [5.74, 6) is 1.66. The maximum Gasteiger partial charge on any atom is 0.191 e. The molecular weight excluding hydrogens is 479 g/mol. The first-order chi connectivity index (χ1) is 13.8. The van der Waals surface area contributed by atoms with Crippen molar-refractivity contribution in [1.82, 2.24) is 15.5 Å². The van der Waals surface area contributed by atoms with Crippen LogP contribution >= 0.6 is 24.0 Å². The van der Waals surface area contributed by atoms with Crippen LogP contribution < -0.4 is 10.6 Å². The second-order valence-electron chi connectivity index (χ2n) is 6.57. The third-order valence-electron chi connectivity index (χ3n) is 4.66. The zero-order valence-electron chi connectivity index (χ0n) is 17.8. The molecule has 2 aromatic rings. The summed E-state index contributed by atoms with van der Waals surface area (Å²) in [7, 11) is 1.80. The summed E-state index contributed by atoms with van der Waals surface area (Å²) >= 11 is 0. The monoisotopic (exact) mass is 514 g/mol. The minimum absolute atomic E-state index is 0. The van der Waals surface area contributed by atoms with Crippen LogP contribution in [0.25, 0.3) is 0 Å². The first kappa shape index (κ1) is 25.5. The van der Waals surface area contributed by atoms with Crippen molar-refractivity contribution in [1.29, 1.82) is 0 Å². The number of ether oxygens (including phenoxy) is 1. The Kier molecular flexibility index (Phi) is 13.4. The number of furan rings is 1. The number of nitrogens with one attached hydrogen (secondary N) is 2. The van der Waals surface area contributed by atoms with E-state index >= 15 is 0 Å². The average molecular weight is 514 g/mol. The molecule has 162 valence electrons. The molecule has 2 rings (SSSR count). The molecule has 1 heterocycles. The molecule has 2 N–H and O–H groups in total. The van der Waals surface area contributed by atoms with Gasteiger partial charge in [-0.3, -0.25) is 9.89 Å². The Morgan fingerprint density at radius 3 is 2.48 bits per heavy atom. The van der Waals surface area contributed by atoms with Gasteiger partial charge in [0.15, 0.2) is 5.96 Å². The van der Waals surface area contributed by atoms with E-state index < -0.39 is 0 Å². The Morgan fingerprint density at radius 2 is 1.83 bits per heavy atom. The Labute approximate surface area is 192 Å². The van der Waals surface area contributed by atoms with Gasteiger partial charge >= 0.3 is 0 Å². The molecule has 1 aromatic heterocycles. The lowest BCUT2D eigenvalue weighted by molar-refractivity contribution is 0.105. The first-order valence-electron chi connectivity index (χ1n) is 10.1. The fourth-order valence-corrected chi connectivity index (χ4v) is 2.92. The van der Waals surface area contributed by atoms with E-state index in [-0.39, 0.29) is 24.0 Å². The fourth-order valence-electron chi connectivity index (χ4n) is 2.92. The Balaban J connectivity index is 0.00000420. The van der Waals surface area contributed by atoms with Crippen molar-refractivity contribution in [3.05, 3.63) is 59.5 Å². The zero-order valence-corrected chi connectivity index (χ0v) is 20.1. The molecule has 0 aliphatic carbocycles. The molecule has 0 saturated heterocycles. The molecule has 6 nitrogen and oxygen atoms in total. The van der Waals surface area contributed by atoms with Crippen LogP contribution in [0.4, 0.5) is 0 Å². The van der Waals surface area contributed by atoms with Gasteiger partial charge in [-0.15, -0.1) is 24.0 Å². The third-order valence-corrected chi connectivity index (χ3v) is 4.66. The minimum Gasteiger partial charge on any atom is -0.467 e. The van der Waals surface area contributed by atoms with Crippen molar-refractivity contribution in [2.75, 3.05) is 33.3 Å². The predicted molar refractivity (Wildman–Crippen MR) is 130 cm³/mol. The van der Waals surface area contributed by atoms with Crippen LogP contribution in [0.5, 0.6) is 0 Å². The van der Waals surface area contributed by atoms with Gasteiger partial charge in [0.2, 0.25) is 0 Å². The fraction of sp³-hybridized carbons (Fsp3) is 0.500. The van der Waals surface area contributed by atoms with Crippen molar-refractivity contribution in [3.63, 3.8) is 0 Å². The molecule has 7 heteroatoms. The molecule has 0 aliphatic heterocycles. The van der Waals surface area contributed by atoms with Gasteiger partial charge in [-0.1, -0.05) is 38.1 Å². The molecule has 1 aromatic carbocycles. The molecule has 0 atom stereocenters. The highest BCUT2D eigenvalue weighted by Crippen LogP contribution is 2.11. The normalized spacial score (nSPS) is 11.4. The summed E-state index contributed by atoms with van der Waals surface area (Å²) in [6, 6.07) is 12.4. The zero-order chi connectivity index (χ0) is 20.0. The Bertz CT molecular complexity index is 688. The van der Waals surface area contributed by atoms with Crippen LogP contribution in [-0.2, 0) is 24.4 Å². The highest BCUT2D eigenvalue weighted by atomic mass is 127. The van der Waals surface area contributed by atoms with Gasteiger partial charge in [0.05, 0.1) is 6.26 Å². The number of benzene rings is 1. The number of rotatable bonds is 12. The maximum absolute atomic E-state index is 5.60. The van der Waals surface area contributed by atoms with Gasteiger partial charge in [0.1, 0.15) is 12.4 Å². The summed E-state index contributed by atoms with van der Waals surface area (Å²) in [5, 5.41) is 6.75. The molecule has 0 spiro atoms. The lowest BCUT2D eigenvalue weighted by atomic mass is 10.1. The van der Waals surface area contributed by atoms with E-state index in [1.807, 2.05) is 12.1 Å². The molecule has 0 unspecified atom stereocenters. The van der Waals surface area contributed by atoms with Gasteiger partial charge in [-0.05, 0) is 42.8 Å². The van der Waals surface area contributed by atoms with E-state index in [9.17, 15) is 0 Å².